The Morgan fingerprint density at radius 1 is 1.29 bits per heavy atom. The minimum Gasteiger partial charge on any atom is -0.271 e. The zero-order valence-electron chi connectivity index (χ0n) is 12.0. The summed E-state index contributed by atoms with van der Waals surface area (Å²) < 4.78 is 14.2. The van der Waals surface area contributed by atoms with Gasteiger partial charge in [-0.1, -0.05) is 29.8 Å². The number of hydrogen-bond acceptors (Lipinski definition) is 3. The quantitative estimate of drug-likeness (QED) is 0.486. The van der Waals surface area contributed by atoms with E-state index in [-0.39, 0.29) is 11.9 Å². The summed E-state index contributed by atoms with van der Waals surface area (Å²) in [6.45, 7) is 3.78. The van der Waals surface area contributed by atoms with Crippen molar-refractivity contribution >= 4 is 23.4 Å². The van der Waals surface area contributed by atoms with Crippen molar-refractivity contribution < 1.29 is 4.39 Å². The maximum Gasteiger partial charge on any atom is 0.128 e. The third-order valence-electron chi connectivity index (χ3n) is 3.27. The monoisotopic (exact) mass is 324 g/mol. The van der Waals surface area contributed by atoms with Crippen LogP contribution in [0.25, 0.3) is 0 Å². The number of nitrogens with one attached hydrogen (secondary N) is 1. The molecule has 2 aromatic rings. The Bertz CT molecular complexity index is 610. The summed E-state index contributed by atoms with van der Waals surface area (Å²) in [5, 5.41) is 0.694. The highest BCUT2D eigenvalue weighted by Gasteiger charge is 2.18. The number of hydrogen-bond donors (Lipinski definition) is 2. The summed E-state index contributed by atoms with van der Waals surface area (Å²) in [6.07, 6.45) is 0. The van der Waals surface area contributed by atoms with Crippen LogP contribution in [0, 0.1) is 19.7 Å². The van der Waals surface area contributed by atoms with Gasteiger partial charge in [0.05, 0.1) is 11.1 Å². The number of rotatable bonds is 5. The molecule has 5 heteroatoms. The first-order valence-corrected chi connectivity index (χ1v) is 7.99. The lowest BCUT2D eigenvalue weighted by Gasteiger charge is -2.19. The third kappa shape index (κ3) is 3.98. The van der Waals surface area contributed by atoms with E-state index >= 15 is 0 Å². The average molecular weight is 325 g/mol. The van der Waals surface area contributed by atoms with Crippen molar-refractivity contribution in [3.8, 4) is 0 Å². The van der Waals surface area contributed by atoms with Crippen molar-refractivity contribution in [1.82, 2.24) is 5.43 Å². The average Bonchev–Trinajstić information content (AvgIpc) is 2.43. The van der Waals surface area contributed by atoms with E-state index in [0.29, 0.717) is 16.3 Å². The largest absolute Gasteiger partial charge is 0.271 e. The van der Waals surface area contributed by atoms with Crippen molar-refractivity contribution in [2.45, 2.75) is 24.8 Å². The van der Waals surface area contributed by atoms with Gasteiger partial charge >= 0.3 is 0 Å². The van der Waals surface area contributed by atoms with Gasteiger partial charge in [0.2, 0.25) is 0 Å². The Morgan fingerprint density at radius 3 is 2.62 bits per heavy atom. The minimum absolute atomic E-state index is 0.227. The molecule has 0 aliphatic rings. The molecule has 2 rings (SSSR count). The smallest absolute Gasteiger partial charge is 0.128 e. The van der Waals surface area contributed by atoms with Crippen LogP contribution in [0.2, 0.25) is 5.02 Å². The molecule has 0 aromatic heterocycles. The van der Waals surface area contributed by atoms with E-state index in [2.05, 4.69) is 5.43 Å². The first-order valence-electron chi connectivity index (χ1n) is 6.63. The lowest BCUT2D eigenvalue weighted by Crippen LogP contribution is -2.31. The fraction of sp³-hybridized carbons (Fsp3) is 0.250. The van der Waals surface area contributed by atoms with Gasteiger partial charge in [-0.3, -0.25) is 11.3 Å². The lowest BCUT2D eigenvalue weighted by atomic mass is 10.00. The van der Waals surface area contributed by atoms with Crippen LogP contribution in [0.15, 0.2) is 41.3 Å². The molecule has 21 heavy (non-hydrogen) atoms. The normalized spacial score (nSPS) is 12.4. The molecule has 0 radical (unpaired) electrons. The highest BCUT2D eigenvalue weighted by molar-refractivity contribution is 7.99. The first kappa shape index (κ1) is 16.3. The van der Waals surface area contributed by atoms with Gasteiger partial charge in [0.15, 0.2) is 0 Å². The van der Waals surface area contributed by atoms with Gasteiger partial charge in [-0.25, -0.2) is 4.39 Å². The van der Waals surface area contributed by atoms with Crippen LogP contribution in [-0.2, 0) is 0 Å². The van der Waals surface area contributed by atoms with E-state index in [9.17, 15) is 4.39 Å². The van der Waals surface area contributed by atoms with Crippen molar-refractivity contribution in [3.63, 3.8) is 0 Å². The van der Waals surface area contributed by atoms with Crippen LogP contribution in [0.4, 0.5) is 4.39 Å². The van der Waals surface area contributed by atoms with Gasteiger partial charge in [0.25, 0.3) is 0 Å². The molecule has 2 nitrogen and oxygen atoms in total. The van der Waals surface area contributed by atoms with Gasteiger partial charge in [-0.2, -0.15) is 0 Å². The standard InChI is InChI=1S/C16H18ClFN2S/c1-10-7-11(2)16(13(18)8-10)14(20-19)9-21-15-6-4-3-5-12(15)17/h3-8,14,20H,9,19H2,1-2H3. The van der Waals surface area contributed by atoms with E-state index in [1.54, 1.807) is 11.8 Å². The maximum absolute atomic E-state index is 14.2. The topological polar surface area (TPSA) is 38.0 Å². The van der Waals surface area contributed by atoms with E-state index < -0.39 is 0 Å². The molecule has 1 unspecified atom stereocenters. The molecule has 0 saturated heterocycles. The Hall–Kier alpha value is -1.07. The van der Waals surface area contributed by atoms with Crippen LogP contribution in [-0.4, -0.2) is 5.75 Å². The van der Waals surface area contributed by atoms with Crippen LogP contribution in [0.3, 0.4) is 0 Å². The van der Waals surface area contributed by atoms with E-state index in [0.717, 1.165) is 16.0 Å². The van der Waals surface area contributed by atoms with Gasteiger partial charge in [0, 0.05) is 16.2 Å². The summed E-state index contributed by atoms with van der Waals surface area (Å²) in [5.74, 6) is 5.99. The Morgan fingerprint density at radius 2 is 2.00 bits per heavy atom. The van der Waals surface area contributed by atoms with Crippen molar-refractivity contribution in [1.29, 1.82) is 0 Å². The highest BCUT2D eigenvalue weighted by Crippen LogP contribution is 2.31. The molecule has 0 saturated carbocycles. The van der Waals surface area contributed by atoms with Crippen LogP contribution in [0.5, 0.6) is 0 Å². The van der Waals surface area contributed by atoms with Crippen LogP contribution in [0.1, 0.15) is 22.7 Å². The molecule has 0 aliphatic carbocycles. The predicted octanol–water partition coefficient (Wildman–Crippen LogP) is 4.39. The second-order valence-corrected chi connectivity index (χ2v) is 6.41. The van der Waals surface area contributed by atoms with Crippen molar-refractivity contribution in [2.75, 3.05) is 5.75 Å². The molecule has 1 atom stereocenters. The summed E-state index contributed by atoms with van der Waals surface area (Å²) in [7, 11) is 0. The number of thioether (sulfide) groups is 1. The molecular formula is C16H18ClFN2S. The Labute approximate surface area is 133 Å². The molecule has 2 aromatic carbocycles. The molecular weight excluding hydrogens is 307 g/mol. The van der Waals surface area contributed by atoms with E-state index in [4.69, 9.17) is 17.4 Å². The van der Waals surface area contributed by atoms with Gasteiger partial charge in [-0.15, -0.1) is 11.8 Å². The zero-order valence-corrected chi connectivity index (χ0v) is 13.6. The van der Waals surface area contributed by atoms with Gasteiger partial charge < -0.3 is 0 Å². The molecule has 3 N–H and O–H groups in total. The number of aryl methyl sites for hydroxylation is 2. The number of hydrazine groups is 1. The SMILES string of the molecule is Cc1cc(C)c(C(CSc2ccccc2Cl)NN)c(F)c1. The summed E-state index contributed by atoms with van der Waals surface area (Å²) in [6, 6.07) is 10.8. The molecule has 0 aliphatic heterocycles. The Kier molecular flexibility index (Phi) is 5.65. The number of nitrogens with two attached hydrogens (primary N) is 1. The molecule has 112 valence electrons. The zero-order chi connectivity index (χ0) is 15.4. The predicted molar refractivity (Wildman–Crippen MR) is 88.1 cm³/mol. The van der Waals surface area contributed by atoms with Crippen LogP contribution >= 0.6 is 23.4 Å². The van der Waals surface area contributed by atoms with Gasteiger partial charge in [0.1, 0.15) is 5.82 Å². The maximum atomic E-state index is 14.2. The Balaban J connectivity index is 2.20. The fourth-order valence-electron chi connectivity index (χ4n) is 2.32. The van der Waals surface area contributed by atoms with Crippen molar-refractivity contribution in [3.05, 3.63) is 63.9 Å². The van der Waals surface area contributed by atoms with E-state index in [1.807, 2.05) is 44.2 Å². The summed E-state index contributed by atoms with van der Waals surface area (Å²) in [4.78, 5) is 0.963. The molecule has 0 bridgehead atoms. The fourth-order valence-corrected chi connectivity index (χ4v) is 3.61. The number of halogens is 2. The highest BCUT2D eigenvalue weighted by atomic mass is 35.5. The van der Waals surface area contributed by atoms with Crippen LogP contribution < -0.4 is 11.3 Å². The van der Waals surface area contributed by atoms with Crippen molar-refractivity contribution in [2.24, 2.45) is 5.84 Å². The lowest BCUT2D eigenvalue weighted by molar-refractivity contribution is 0.542. The third-order valence-corrected chi connectivity index (χ3v) is 4.88. The molecule has 0 heterocycles. The second-order valence-electron chi connectivity index (χ2n) is 4.94. The first-order chi connectivity index (χ1) is 10.0. The minimum atomic E-state index is -0.271. The second kappa shape index (κ2) is 7.27. The molecule has 0 spiro atoms. The summed E-state index contributed by atoms with van der Waals surface area (Å²) >= 11 is 7.69. The van der Waals surface area contributed by atoms with Gasteiger partial charge in [-0.05, 0) is 43.2 Å². The summed E-state index contributed by atoms with van der Waals surface area (Å²) in [5.41, 5.74) is 5.12. The molecule has 0 fully saturated rings. The van der Waals surface area contributed by atoms with E-state index in [1.165, 1.54) is 6.07 Å². The molecule has 0 amide bonds. The number of benzene rings is 2.